The van der Waals surface area contributed by atoms with Gasteiger partial charge in [0.25, 0.3) is 5.91 Å². The molecular formula is C16H14F2N4OS. The summed E-state index contributed by atoms with van der Waals surface area (Å²) in [6.45, 7) is 5.69. The Morgan fingerprint density at radius 3 is 2.79 bits per heavy atom. The van der Waals surface area contributed by atoms with Gasteiger partial charge in [-0.1, -0.05) is 17.4 Å². The van der Waals surface area contributed by atoms with Crippen LogP contribution in [0.4, 0.5) is 8.78 Å². The summed E-state index contributed by atoms with van der Waals surface area (Å²) in [5.41, 5.74) is 1.21. The fourth-order valence-corrected chi connectivity index (χ4v) is 3.40. The van der Waals surface area contributed by atoms with E-state index in [1.807, 2.05) is 6.92 Å². The molecule has 124 valence electrons. The van der Waals surface area contributed by atoms with Crippen LogP contribution in [0.1, 0.15) is 16.2 Å². The number of hydrogen-bond acceptors (Lipinski definition) is 3. The quantitative estimate of drug-likeness (QED) is 0.684. The third kappa shape index (κ3) is 2.80. The second-order valence-corrected chi connectivity index (χ2v) is 6.24. The average Bonchev–Trinajstić information content (AvgIpc) is 3.01. The van der Waals surface area contributed by atoms with Crippen LogP contribution in [0.25, 0.3) is 10.2 Å². The number of fused-ring (bicyclic) bond motifs is 1. The van der Waals surface area contributed by atoms with Crippen molar-refractivity contribution >= 4 is 27.5 Å². The normalized spacial score (nSPS) is 12.1. The van der Waals surface area contributed by atoms with Crippen LogP contribution in [0.2, 0.25) is 0 Å². The molecule has 24 heavy (non-hydrogen) atoms. The van der Waals surface area contributed by atoms with Crippen molar-refractivity contribution in [2.75, 3.05) is 0 Å². The number of thiazole rings is 1. The summed E-state index contributed by atoms with van der Waals surface area (Å²) in [6.07, 6.45) is 1.56. The van der Waals surface area contributed by atoms with Crippen molar-refractivity contribution in [2.45, 2.75) is 13.5 Å². The highest BCUT2D eigenvalue weighted by atomic mass is 32.1. The minimum atomic E-state index is -0.703. The van der Waals surface area contributed by atoms with Crippen molar-refractivity contribution in [2.24, 2.45) is 12.0 Å². The molecule has 0 unspecified atom stereocenters. The molecule has 0 atom stereocenters. The molecule has 0 bridgehead atoms. The van der Waals surface area contributed by atoms with Gasteiger partial charge in [-0.15, -0.1) is 6.58 Å². The summed E-state index contributed by atoms with van der Waals surface area (Å²) in [6, 6.07) is 3.65. The van der Waals surface area contributed by atoms with E-state index in [9.17, 15) is 13.6 Å². The molecule has 0 fully saturated rings. The van der Waals surface area contributed by atoms with Crippen LogP contribution in [-0.2, 0) is 13.6 Å². The fraction of sp³-hybridized carbons (Fsp3) is 0.188. The zero-order chi connectivity index (χ0) is 17.4. The molecule has 8 heteroatoms. The molecule has 0 saturated heterocycles. The number of aryl methyl sites for hydroxylation is 2. The van der Waals surface area contributed by atoms with Gasteiger partial charge < -0.3 is 4.57 Å². The van der Waals surface area contributed by atoms with Crippen molar-refractivity contribution in [3.05, 3.63) is 58.7 Å². The molecule has 0 spiro atoms. The molecule has 2 aromatic heterocycles. The van der Waals surface area contributed by atoms with E-state index in [4.69, 9.17) is 0 Å². The SMILES string of the molecule is C=CCn1c(=NC(=O)c2cc(C)n(C)n2)sc2cc(F)cc(F)c21. The van der Waals surface area contributed by atoms with E-state index in [1.165, 1.54) is 10.6 Å². The predicted molar refractivity (Wildman–Crippen MR) is 87.8 cm³/mol. The molecule has 0 saturated carbocycles. The number of carbonyl (C=O) groups is 1. The second kappa shape index (κ2) is 6.12. The Hall–Kier alpha value is -2.61. The Morgan fingerprint density at radius 2 is 2.17 bits per heavy atom. The summed E-state index contributed by atoms with van der Waals surface area (Å²) in [5.74, 6) is -1.92. The van der Waals surface area contributed by atoms with E-state index < -0.39 is 17.5 Å². The van der Waals surface area contributed by atoms with Crippen LogP contribution >= 0.6 is 11.3 Å². The highest BCUT2D eigenvalue weighted by molar-refractivity contribution is 7.16. The molecule has 3 aromatic rings. The van der Waals surface area contributed by atoms with Gasteiger partial charge in [-0.05, 0) is 19.1 Å². The lowest BCUT2D eigenvalue weighted by Gasteiger charge is -2.01. The Kier molecular flexibility index (Phi) is 4.15. The first-order valence-corrected chi connectivity index (χ1v) is 7.91. The lowest BCUT2D eigenvalue weighted by Crippen LogP contribution is -2.17. The van der Waals surface area contributed by atoms with Crippen molar-refractivity contribution in [3.63, 3.8) is 0 Å². The number of halogens is 2. The zero-order valence-corrected chi connectivity index (χ0v) is 13.9. The molecule has 1 amide bonds. The number of allylic oxidation sites excluding steroid dienone is 1. The van der Waals surface area contributed by atoms with E-state index in [-0.39, 0.29) is 22.6 Å². The van der Waals surface area contributed by atoms with Crippen molar-refractivity contribution in [1.82, 2.24) is 14.3 Å². The lowest BCUT2D eigenvalue weighted by atomic mass is 10.3. The van der Waals surface area contributed by atoms with Gasteiger partial charge in [-0.3, -0.25) is 9.48 Å². The molecule has 0 aliphatic rings. The van der Waals surface area contributed by atoms with Gasteiger partial charge in [0.15, 0.2) is 16.3 Å². The minimum Gasteiger partial charge on any atom is -0.310 e. The predicted octanol–water partition coefficient (Wildman–Crippen LogP) is 2.95. The van der Waals surface area contributed by atoms with Gasteiger partial charge in [0.2, 0.25) is 0 Å². The summed E-state index contributed by atoms with van der Waals surface area (Å²) >= 11 is 1.04. The average molecular weight is 348 g/mol. The third-order valence-corrected chi connectivity index (χ3v) is 4.56. The zero-order valence-electron chi connectivity index (χ0n) is 13.1. The minimum absolute atomic E-state index is 0.198. The fourth-order valence-electron chi connectivity index (χ4n) is 2.32. The first kappa shape index (κ1) is 16.3. The molecule has 2 heterocycles. The number of rotatable bonds is 3. The highest BCUT2D eigenvalue weighted by Crippen LogP contribution is 2.22. The molecule has 3 rings (SSSR count). The lowest BCUT2D eigenvalue weighted by molar-refractivity contribution is 0.0992. The Morgan fingerprint density at radius 1 is 1.42 bits per heavy atom. The molecule has 0 radical (unpaired) electrons. The van der Waals surface area contributed by atoms with Gasteiger partial charge in [0, 0.05) is 25.4 Å². The van der Waals surface area contributed by atoms with Crippen molar-refractivity contribution < 1.29 is 13.6 Å². The molecular weight excluding hydrogens is 334 g/mol. The van der Waals surface area contributed by atoms with E-state index in [0.29, 0.717) is 4.70 Å². The van der Waals surface area contributed by atoms with Crippen LogP contribution < -0.4 is 4.80 Å². The summed E-state index contributed by atoms with van der Waals surface area (Å²) in [7, 11) is 1.72. The van der Waals surface area contributed by atoms with Gasteiger partial charge in [-0.25, -0.2) is 8.78 Å². The maximum absolute atomic E-state index is 14.1. The summed E-state index contributed by atoms with van der Waals surface area (Å²) < 4.78 is 31.0. The van der Waals surface area contributed by atoms with Gasteiger partial charge >= 0.3 is 0 Å². The number of benzene rings is 1. The van der Waals surface area contributed by atoms with Crippen LogP contribution in [0.15, 0.2) is 35.8 Å². The maximum atomic E-state index is 14.1. The molecule has 0 aliphatic carbocycles. The smallest absolute Gasteiger partial charge is 0.300 e. The number of carbonyl (C=O) groups excluding carboxylic acids is 1. The number of hydrogen-bond donors (Lipinski definition) is 0. The van der Waals surface area contributed by atoms with Crippen molar-refractivity contribution in [1.29, 1.82) is 0 Å². The largest absolute Gasteiger partial charge is 0.310 e. The monoisotopic (exact) mass is 348 g/mol. The first-order chi connectivity index (χ1) is 11.4. The number of nitrogens with zero attached hydrogens (tertiary/aromatic N) is 4. The first-order valence-electron chi connectivity index (χ1n) is 7.09. The van der Waals surface area contributed by atoms with Crippen LogP contribution in [0.3, 0.4) is 0 Å². The topological polar surface area (TPSA) is 52.2 Å². The Labute approximate surface area is 140 Å². The highest BCUT2D eigenvalue weighted by Gasteiger charge is 2.15. The molecule has 1 aromatic carbocycles. The Bertz CT molecular complexity index is 1010. The van der Waals surface area contributed by atoms with Crippen LogP contribution in [0, 0.1) is 18.6 Å². The van der Waals surface area contributed by atoms with E-state index in [2.05, 4.69) is 16.7 Å². The molecule has 0 aliphatic heterocycles. The summed E-state index contributed by atoms with van der Waals surface area (Å²) in [4.78, 5) is 16.6. The van der Waals surface area contributed by atoms with Crippen molar-refractivity contribution in [3.8, 4) is 0 Å². The summed E-state index contributed by atoms with van der Waals surface area (Å²) in [5, 5.41) is 4.08. The second-order valence-electron chi connectivity index (χ2n) is 5.23. The van der Waals surface area contributed by atoms with E-state index >= 15 is 0 Å². The van der Waals surface area contributed by atoms with Gasteiger partial charge in [0.1, 0.15) is 5.82 Å². The molecule has 0 N–H and O–H groups in total. The number of amides is 1. The van der Waals surface area contributed by atoms with E-state index in [0.717, 1.165) is 23.1 Å². The van der Waals surface area contributed by atoms with E-state index in [1.54, 1.807) is 23.9 Å². The van der Waals surface area contributed by atoms with Crippen LogP contribution in [0.5, 0.6) is 0 Å². The standard InChI is InChI=1S/C16H14F2N4OS/c1-4-5-22-14-11(18)7-10(17)8-13(14)24-16(22)19-15(23)12-6-9(2)21(3)20-12/h4,6-8H,1,5H2,2-3H3. The Balaban J connectivity index is 2.20. The third-order valence-electron chi connectivity index (χ3n) is 3.54. The van der Waals surface area contributed by atoms with Gasteiger partial charge in [-0.2, -0.15) is 10.1 Å². The maximum Gasteiger partial charge on any atom is 0.300 e. The molecule has 5 nitrogen and oxygen atoms in total. The van der Waals surface area contributed by atoms with Crippen LogP contribution in [-0.4, -0.2) is 20.3 Å². The van der Waals surface area contributed by atoms with Gasteiger partial charge in [0.05, 0.1) is 10.2 Å². The number of aromatic nitrogens is 3.